The number of nitrogens with zero attached hydrogens (tertiary/aromatic N) is 3. The summed E-state index contributed by atoms with van der Waals surface area (Å²) in [5.41, 5.74) is 0.316. The monoisotopic (exact) mass is 415 g/mol. The van der Waals surface area contributed by atoms with Crippen molar-refractivity contribution in [2.45, 2.75) is 6.18 Å². The molecule has 3 rings (SSSR count). The fourth-order valence-electron chi connectivity index (χ4n) is 2.86. The first-order valence-electron chi connectivity index (χ1n) is 8.97. The maximum Gasteiger partial charge on any atom is 0.421 e. The molecule has 2 N–H and O–H groups in total. The minimum absolute atomic E-state index is 0.0495. The van der Waals surface area contributed by atoms with Gasteiger partial charge in [-0.3, -0.25) is 0 Å². The first-order valence-corrected chi connectivity index (χ1v) is 8.97. The molecule has 2 aromatic rings. The number of halogens is 4. The van der Waals surface area contributed by atoms with Crippen LogP contribution in [0.1, 0.15) is 5.56 Å². The fraction of sp³-hybridized carbons (Fsp3) is 0.444. The number of nitrogens with one attached hydrogen (secondary N) is 2. The molecule has 1 aliphatic rings. The summed E-state index contributed by atoms with van der Waals surface area (Å²) in [5.74, 6) is -0.0566. The Morgan fingerprint density at radius 1 is 1.24 bits per heavy atom. The molecule has 1 fully saturated rings. The predicted molar refractivity (Wildman–Crippen MR) is 101 cm³/mol. The van der Waals surface area contributed by atoms with Crippen molar-refractivity contribution in [2.75, 3.05) is 62.2 Å². The highest BCUT2D eigenvalue weighted by Crippen LogP contribution is 2.35. The fourth-order valence-corrected chi connectivity index (χ4v) is 2.86. The van der Waals surface area contributed by atoms with Crippen LogP contribution < -0.4 is 20.3 Å². The van der Waals surface area contributed by atoms with Crippen LogP contribution in [0.5, 0.6) is 5.75 Å². The molecule has 2 heterocycles. The second-order valence-corrected chi connectivity index (χ2v) is 6.15. The highest BCUT2D eigenvalue weighted by atomic mass is 19.4. The average Bonchev–Trinajstić information content (AvgIpc) is 2.72. The molecule has 29 heavy (non-hydrogen) atoms. The predicted octanol–water partition coefficient (Wildman–Crippen LogP) is 3.47. The van der Waals surface area contributed by atoms with Gasteiger partial charge in [-0.15, -0.1) is 0 Å². The third-order valence-electron chi connectivity index (χ3n) is 4.25. The van der Waals surface area contributed by atoms with Crippen molar-refractivity contribution in [1.29, 1.82) is 0 Å². The van der Waals surface area contributed by atoms with Crippen LogP contribution in [0.25, 0.3) is 0 Å². The molecule has 158 valence electrons. The van der Waals surface area contributed by atoms with Crippen molar-refractivity contribution in [2.24, 2.45) is 0 Å². The molecule has 0 bridgehead atoms. The van der Waals surface area contributed by atoms with Gasteiger partial charge < -0.3 is 25.0 Å². The molecule has 1 aromatic heterocycles. The van der Waals surface area contributed by atoms with Gasteiger partial charge in [-0.1, -0.05) is 0 Å². The van der Waals surface area contributed by atoms with Gasteiger partial charge in [-0.25, -0.2) is 9.37 Å². The number of hydrogen-bond acceptors (Lipinski definition) is 7. The SMILES string of the molecule is CNc1nc(Nc2ccc(N3CCOCC3)cc2OCCF)ncc1C(F)(F)F. The Morgan fingerprint density at radius 3 is 2.66 bits per heavy atom. The second-order valence-electron chi connectivity index (χ2n) is 6.15. The van der Waals surface area contributed by atoms with E-state index in [4.69, 9.17) is 9.47 Å². The lowest BCUT2D eigenvalue weighted by Gasteiger charge is -2.29. The molecule has 0 unspecified atom stereocenters. The van der Waals surface area contributed by atoms with E-state index in [1.165, 1.54) is 7.05 Å². The van der Waals surface area contributed by atoms with E-state index in [0.717, 1.165) is 5.69 Å². The van der Waals surface area contributed by atoms with Crippen molar-refractivity contribution in [3.63, 3.8) is 0 Å². The number of morpholine rings is 1. The Morgan fingerprint density at radius 2 is 2.00 bits per heavy atom. The highest BCUT2D eigenvalue weighted by molar-refractivity contribution is 5.69. The Bertz CT molecular complexity index is 828. The lowest BCUT2D eigenvalue weighted by atomic mass is 10.2. The smallest absolute Gasteiger partial charge is 0.421 e. The normalized spacial score (nSPS) is 14.6. The summed E-state index contributed by atoms with van der Waals surface area (Å²) < 4.78 is 62.5. The van der Waals surface area contributed by atoms with Gasteiger partial charge in [0.1, 0.15) is 30.4 Å². The van der Waals surface area contributed by atoms with Crippen LogP contribution in [-0.2, 0) is 10.9 Å². The van der Waals surface area contributed by atoms with Gasteiger partial charge >= 0.3 is 6.18 Å². The van der Waals surface area contributed by atoms with Crippen molar-refractivity contribution in [3.8, 4) is 5.75 Å². The highest BCUT2D eigenvalue weighted by Gasteiger charge is 2.35. The Balaban J connectivity index is 1.87. The van der Waals surface area contributed by atoms with Crippen LogP contribution in [-0.4, -0.2) is 56.6 Å². The van der Waals surface area contributed by atoms with Gasteiger partial charge in [-0.05, 0) is 12.1 Å². The Hall–Kier alpha value is -2.82. The summed E-state index contributed by atoms with van der Waals surface area (Å²) in [6.45, 7) is 1.80. The Labute approximate surface area is 165 Å². The standard InChI is InChI=1S/C18H21F4N5O2/c1-23-16-13(18(20,21)22)11-24-17(26-16)25-14-3-2-12(10-15(14)29-7-4-19)27-5-8-28-9-6-27/h2-3,10-11H,4-9H2,1H3,(H2,23,24,25,26). The quantitative estimate of drug-likeness (QED) is 0.671. The van der Waals surface area contributed by atoms with E-state index >= 15 is 0 Å². The largest absolute Gasteiger partial charge is 0.489 e. The maximum absolute atomic E-state index is 13.0. The van der Waals surface area contributed by atoms with Crippen molar-refractivity contribution < 1.29 is 27.0 Å². The lowest BCUT2D eigenvalue weighted by Crippen LogP contribution is -2.36. The zero-order valence-corrected chi connectivity index (χ0v) is 15.7. The van der Waals surface area contributed by atoms with Gasteiger partial charge in [0.25, 0.3) is 0 Å². The minimum Gasteiger partial charge on any atom is -0.489 e. The van der Waals surface area contributed by atoms with Crippen molar-refractivity contribution in [1.82, 2.24) is 9.97 Å². The van der Waals surface area contributed by atoms with E-state index in [2.05, 4.69) is 25.5 Å². The van der Waals surface area contributed by atoms with E-state index in [-0.39, 0.29) is 18.4 Å². The summed E-state index contributed by atoms with van der Waals surface area (Å²) in [7, 11) is 1.34. The molecular formula is C18H21F4N5O2. The van der Waals surface area contributed by atoms with Crippen LogP contribution in [0.4, 0.5) is 40.7 Å². The summed E-state index contributed by atoms with van der Waals surface area (Å²) >= 11 is 0. The number of anilines is 4. The molecular weight excluding hydrogens is 394 g/mol. The summed E-state index contributed by atoms with van der Waals surface area (Å²) in [6, 6.07) is 5.27. The molecule has 1 aromatic carbocycles. The van der Waals surface area contributed by atoms with E-state index in [9.17, 15) is 17.6 Å². The summed E-state index contributed by atoms with van der Waals surface area (Å²) in [5, 5.41) is 5.26. The number of benzene rings is 1. The molecule has 0 saturated carbocycles. The van der Waals surface area contributed by atoms with E-state index in [1.807, 2.05) is 6.07 Å². The van der Waals surface area contributed by atoms with Gasteiger partial charge in [0, 0.05) is 38.1 Å². The average molecular weight is 415 g/mol. The van der Waals surface area contributed by atoms with Gasteiger partial charge in [0.15, 0.2) is 0 Å². The number of aromatic nitrogens is 2. The zero-order valence-electron chi connectivity index (χ0n) is 15.7. The van der Waals surface area contributed by atoms with Gasteiger partial charge in [0.2, 0.25) is 5.95 Å². The Kier molecular flexibility index (Phi) is 6.57. The second kappa shape index (κ2) is 9.12. The molecule has 11 heteroatoms. The van der Waals surface area contributed by atoms with Gasteiger partial charge in [-0.2, -0.15) is 18.2 Å². The molecule has 0 amide bonds. The van der Waals surface area contributed by atoms with E-state index in [0.29, 0.717) is 43.9 Å². The molecule has 1 saturated heterocycles. The number of ether oxygens (including phenoxy) is 2. The van der Waals surface area contributed by atoms with Gasteiger partial charge in [0.05, 0.1) is 18.9 Å². The van der Waals surface area contributed by atoms with Crippen LogP contribution in [0, 0.1) is 0 Å². The summed E-state index contributed by atoms with van der Waals surface area (Å²) in [6.07, 6.45) is -3.88. The summed E-state index contributed by atoms with van der Waals surface area (Å²) in [4.78, 5) is 9.72. The molecule has 0 radical (unpaired) electrons. The first kappa shape index (κ1) is 20.9. The third kappa shape index (κ3) is 5.17. The third-order valence-corrected chi connectivity index (χ3v) is 4.25. The van der Waals surface area contributed by atoms with Crippen molar-refractivity contribution in [3.05, 3.63) is 30.0 Å². The van der Waals surface area contributed by atoms with Crippen molar-refractivity contribution >= 4 is 23.1 Å². The molecule has 0 aliphatic carbocycles. The number of alkyl halides is 4. The lowest BCUT2D eigenvalue weighted by molar-refractivity contribution is -0.137. The van der Waals surface area contributed by atoms with Crippen LogP contribution in [0.15, 0.2) is 24.4 Å². The first-order chi connectivity index (χ1) is 13.9. The van der Waals surface area contributed by atoms with Crippen LogP contribution >= 0.6 is 0 Å². The van der Waals surface area contributed by atoms with E-state index < -0.39 is 18.4 Å². The topological polar surface area (TPSA) is 71.5 Å². The van der Waals surface area contributed by atoms with E-state index in [1.54, 1.807) is 12.1 Å². The maximum atomic E-state index is 13.0. The molecule has 7 nitrogen and oxygen atoms in total. The van der Waals surface area contributed by atoms with Crippen LogP contribution in [0.3, 0.4) is 0 Å². The molecule has 0 spiro atoms. The minimum atomic E-state index is -4.58. The zero-order chi connectivity index (χ0) is 20.9. The number of rotatable bonds is 7. The molecule has 1 aliphatic heterocycles. The number of hydrogen-bond donors (Lipinski definition) is 2. The van der Waals surface area contributed by atoms with Crippen LogP contribution in [0.2, 0.25) is 0 Å². The molecule has 0 atom stereocenters.